The van der Waals surface area contributed by atoms with Gasteiger partial charge in [0.05, 0.1) is 24.3 Å². The Balaban J connectivity index is 1.18. The van der Waals surface area contributed by atoms with Gasteiger partial charge in [0, 0.05) is 5.56 Å². The molecule has 5 heterocycles. The normalized spacial score (nSPS) is 23.3. The Morgan fingerprint density at radius 3 is 2.64 bits per heavy atom. The van der Waals surface area contributed by atoms with E-state index in [4.69, 9.17) is 30.5 Å². The zero-order valence-electron chi connectivity index (χ0n) is 18.0. The highest BCUT2D eigenvalue weighted by molar-refractivity contribution is 6.32. The Morgan fingerprint density at radius 2 is 1.89 bits per heavy atom. The van der Waals surface area contributed by atoms with Gasteiger partial charge in [-0.3, -0.25) is 9.51 Å². The van der Waals surface area contributed by atoms with Gasteiger partial charge in [-0.1, -0.05) is 16.8 Å². The van der Waals surface area contributed by atoms with E-state index in [1.165, 1.54) is 6.07 Å². The zero-order chi connectivity index (χ0) is 25.0. The Kier molecular flexibility index (Phi) is 5.59. The third-order valence-electron chi connectivity index (χ3n) is 5.83. The third kappa shape index (κ3) is 4.07. The van der Waals surface area contributed by atoms with Crippen molar-refractivity contribution in [1.82, 2.24) is 25.1 Å². The predicted octanol–water partition coefficient (Wildman–Crippen LogP) is 1.72. The molecule has 15 heteroatoms. The van der Waals surface area contributed by atoms with Gasteiger partial charge in [0.2, 0.25) is 5.88 Å². The van der Waals surface area contributed by atoms with Crippen molar-refractivity contribution in [2.45, 2.75) is 31.0 Å². The summed E-state index contributed by atoms with van der Waals surface area (Å²) in [6, 6.07) is 3.58. The van der Waals surface area contributed by atoms with E-state index >= 15 is 0 Å². The Labute approximate surface area is 204 Å². The number of fused-ring (bicyclic) bond motifs is 2. The molecule has 12 nitrogen and oxygen atoms in total. The number of ether oxygens (including phenoxy) is 4. The molecule has 4 aromatic rings. The molecule has 188 valence electrons. The summed E-state index contributed by atoms with van der Waals surface area (Å²) in [4.78, 5) is 24.7. The average Bonchev–Trinajstić information content (AvgIpc) is 3.60. The molecule has 2 saturated heterocycles. The molecule has 1 aromatic carbocycles. The average molecular weight is 524 g/mol. The van der Waals surface area contributed by atoms with Gasteiger partial charge in [0.25, 0.3) is 6.01 Å². The van der Waals surface area contributed by atoms with Crippen LogP contribution < -0.4 is 15.2 Å². The third-order valence-corrected chi connectivity index (χ3v) is 6.10. The minimum absolute atomic E-state index is 0.0160. The van der Waals surface area contributed by atoms with Crippen LogP contribution in [0.15, 0.2) is 27.5 Å². The van der Waals surface area contributed by atoms with Crippen LogP contribution in [0.5, 0.6) is 11.9 Å². The van der Waals surface area contributed by atoms with Crippen molar-refractivity contribution < 1.29 is 37.4 Å². The highest BCUT2D eigenvalue weighted by Gasteiger charge is 2.48. The molecule has 0 saturated carbocycles. The van der Waals surface area contributed by atoms with Gasteiger partial charge >= 0.3 is 5.76 Å². The fraction of sp³-hybridized carbons (Fsp3) is 0.333. The van der Waals surface area contributed by atoms with Crippen LogP contribution in [0.3, 0.4) is 0 Å². The van der Waals surface area contributed by atoms with Crippen molar-refractivity contribution in [2.75, 3.05) is 13.2 Å². The van der Waals surface area contributed by atoms with Crippen molar-refractivity contribution in [3.63, 3.8) is 0 Å². The number of hydrogen-bond donors (Lipinski definition) is 3. The number of rotatable bonds is 6. The topological polar surface area (TPSA) is 158 Å². The molecular formula is C21H16ClF2N5O7. The lowest BCUT2D eigenvalue weighted by molar-refractivity contribution is 0.00706. The summed E-state index contributed by atoms with van der Waals surface area (Å²) in [5.41, 5.74) is 0.230. The SMILES string of the molecule is O=c1[nH]c(-c2cc(F)c(COc3nc4nc(O[C@@H]5CO[C@H]6[C@@H]5OC[C@H]6O)[nH]c4cc3Cl)c(F)c2)no1. The summed E-state index contributed by atoms with van der Waals surface area (Å²) in [6.45, 7) is -0.146. The van der Waals surface area contributed by atoms with Crippen LogP contribution in [-0.4, -0.2) is 67.8 Å². The van der Waals surface area contributed by atoms with E-state index in [2.05, 4.69) is 29.6 Å². The molecule has 2 aliphatic rings. The lowest BCUT2D eigenvalue weighted by Gasteiger charge is -2.15. The zero-order valence-corrected chi connectivity index (χ0v) is 18.8. The number of aromatic amines is 2. The molecule has 6 rings (SSSR count). The highest BCUT2D eigenvalue weighted by atomic mass is 35.5. The summed E-state index contributed by atoms with van der Waals surface area (Å²) in [6.07, 6.45) is -2.08. The van der Waals surface area contributed by atoms with Crippen molar-refractivity contribution in [1.29, 1.82) is 0 Å². The van der Waals surface area contributed by atoms with E-state index in [0.29, 0.717) is 5.52 Å². The van der Waals surface area contributed by atoms with Crippen LogP contribution in [0.2, 0.25) is 5.02 Å². The van der Waals surface area contributed by atoms with Gasteiger partial charge in [-0.05, 0) is 18.2 Å². The van der Waals surface area contributed by atoms with Gasteiger partial charge < -0.3 is 29.0 Å². The summed E-state index contributed by atoms with van der Waals surface area (Å²) in [5.74, 6) is -2.94. The second-order valence-corrected chi connectivity index (χ2v) is 8.57. The molecule has 0 radical (unpaired) electrons. The number of pyridine rings is 1. The van der Waals surface area contributed by atoms with Gasteiger partial charge in [0.15, 0.2) is 17.6 Å². The molecule has 0 amide bonds. The number of benzene rings is 1. The van der Waals surface area contributed by atoms with Crippen LogP contribution in [0.4, 0.5) is 8.78 Å². The summed E-state index contributed by atoms with van der Waals surface area (Å²) in [5, 5.41) is 13.3. The van der Waals surface area contributed by atoms with Gasteiger partial charge in [-0.15, -0.1) is 0 Å². The summed E-state index contributed by atoms with van der Waals surface area (Å²) < 4.78 is 55.9. The molecule has 2 aliphatic heterocycles. The van der Waals surface area contributed by atoms with Crippen LogP contribution in [0, 0.1) is 11.6 Å². The maximum Gasteiger partial charge on any atom is 0.439 e. The van der Waals surface area contributed by atoms with E-state index in [1.54, 1.807) is 0 Å². The van der Waals surface area contributed by atoms with E-state index < -0.39 is 48.4 Å². The van der Waals surface area contributed by atoms with E-state index in [-0.39, 0.29) is 52.7 Å². The molecule has 3 N–H and O–H groups in total. The standard InChI is InChI=1S/C21H16ClF2N5O7/c22-9-3-12-18(27-20(25-12)35-14-6-33-15-13(30)5-32-16(14)15)26-19(9)34-4-8-10(23)1-7(2-11(8)24)17-28-21(31)36-29-17/h1-3,13-16,30H,4-6H2,(H,25,26,27)(H,28,29,31)/t13-,14-,15-,16-/m1/s1. The second-order valence-electron chi connectivity index (χ2n) is 8.16. The molecule has 4 atom stereocenters. The largest absolute Gasteiger partial charge is 0.471 e. The number of H-pyrrole nitrogens is 2. The molecule has 3 aromatic heterocycles. The van der Waals surface area contributed by atoms with Crippen LogP contribution in [-0.2, 0) is 16.1 Å². The van der Waals surface area contributed by atoms with Gasteiger partial charge in [0.1, 0.15) is 41.6 Å². The number of aromatic nitrogens is 5. The van der Waals surface area contributed by atoms with Crippen molar-refractivity contribution in [3.8, 4) is 23.3 Å². The molecule has 0 spiro atoms. The Hall–Kier alpha value is -3.59. The number of hydrogen-bond acceptors (Lipinski definition) is 10. The van der Waals surface area contributed by atoms with Crippen molar-refractivity contribution >= 4 is 22.8 Å². The number of imidazole rings is 1. The maximum absolute atomic E-state index is 14.6. The Bertz CT molecular complexity index is 1480. The summed E-state index contributed by atoms with van der Waals surface area (Å²) >= 11 is 6.24. The number of aliphatic hydroxyl groups is 1. The smallest absolute Gasteiger partial charge is 0.439 e. The Morgan fingerprint density at radius 1 is 1.11 bits per heavy atom. The van der Waals surface area contributed by atoms with Crippen LogP contribution >= 0.6 is 11.6 Å². The molecule has 36 heavy (non-hydrogen) atoms. The fourth-order valence-electron chi connectivity index (χ4n) is 4.10. The number of nitrogens with one attached hydrogen (secondary N) is 2. The second kappa shape index (κ2) is 8.81. The predicted molar refractivity (Wildman–Crippen MR) is 116 cm³/mol. The van der Waals surface area contributed by atoms with E-state index in [1.807, 2.05) is 0 Å². The lowest BCUT2D eigenvalue weighted by Crippen LogP contribution is -2.34. The van der Waals surface area contributed by atoms with E-state index in [0.717, 1.165) is 12.1 Å². The quantitative estimate of drug-likeness (QED) is 0.340. The molecule has 2 fully saturated rings. The minimum Gasteiger partial charge on any atom is -0.471 e. The van der Waals surface area contributed by atoms with Gasteiger partial charge in [-0.2, -0.15) is 9.97 Å². The fourth-order valence-corrected chi connectivity index (χ4v) is 4.30. The van der Waals surface area contributed by atoms with Crippen LogP contribution in [0.25, 0.3) is 22.6 Å². The van der Waals surface area contributed by atoms with Crippen LogP contribution in [0.1, 0.15) is 5.56 Å². The summed E-state index contributed by atoms with van der Waals surface area (Å²) in [7, 11) is 0. The first kappa shape index (κ1) is 22.8. The monoisotopic (exact) mass is 523 g/mol. The number of aliphatic hydroxyl groups excluding tert-OH is 1. The van der Waals surface area contributed by atoms with Crippen molar-refractivity contribution in [2.24, 2.45) is 0 Å². The number of nitrogens with zero attached hydrogens (tertiary/aromatic N) is 3. The van der Waals surface area contributed by atoms with Crippen molar-refractivity contribution in [3.05, 3.63) is 51.0 Å². The maximum atomic E-state index is 14.6. The lowest BCUT2D eigenvalue weighted by atomic mass is 10.1. The van der Waals surface area contributed by atoms with Gasteiger partial charge in [-0.25, -0.2) is 13.6 Å². The molecule has 0 unspecified atom stereocenters. The van der Waals surface area contributed by atoms with E-state index in [9.17, 15) is 18.7 Å². The highest BCUT2D eigenvalue weighted by Crippen LogP contribution is 2.32. The minimum atomic E-state index is -0.933. The molecule has 0 bridgehead atoms. The molecule has 0 aliphatic carbocycles. The first-order chi connectivity index (χ1) is 17.4. The first-order valence-electron chi connectivity index (χ1n) is 10.7. The molecular weight excluding hydrogens is 508 g/mol. The number of halogens is 3. The first-order valence-corrected chi connectivity index (χ1v) is 11.0.